The van der Waals surface area contributed by atoms with Gasteiger partial charge < -0.3 is 20.1 Å². The fourth-order valence-corrected chi connectivity index (χ4v) is 2.54. The Morgan fingerprint density at radius 2 is 1.45 bits per heavy atom. The largest absolute Gasteiger partial charge is 0.573 e. The first-order valence-corrected chi connectivity index (χ1v) is 9.03. The minimum atomic E-state index is -4.80. The molecular weight excluding hydrogens is 413 g/mol. The average Bonchev–Trinajstić information content (AvgIpc) is 2.73. The molecule has 0 unspecified atom stereocenters. The molecule has 2 amide bonds. The van der Waals surface area contributed by atoms with E-state index >= 15 is 0 Å². The van der Waals surface area contributed by atoms with Crippen molar-refractivity contribution in [3.63, 3.8) is 0 Å². The highest BCUT2D eigenvalue weighted by molar-refractivity contribution is 6.04. The third-order valence-corrected chi connectivity index (χ3v) is 3.87. The van der Waals surface area contributed by atoms with E-state index in [1.165, 1.54) is 18.2 Å². The standard InChI is InChI=1S/C22H17F3N2O4/c23-22(24,25)31-18-11-9-15(10-12-18)21(29)27-17-7-4-8-19(13-17)30-14-20(28)26-16-5-2-1-3-6-16/h1-13H,14H2,(H,26,28)(H,27,29). The number of rotatable bonds is 7. The van der Waals surface area contributed by atoms with Gasteiger partial charge in [0.1, 0.15) is 11.5 Å². The maximum absolute atomic E-state index is 12.3. The summed E-state index contributed by atoms with van der Waals surface area (Å²) in [4.78, 5) is 24.3. The normalized spacial score (nSPS) is 10.8. The van der Waals surface area contributed by atoms with Crippen molar-refractivity contribution >= 4 is 23.2 Å². The lowest BCUT2D eigenvalue weighted by Gasteiger charge is -2.11. The smallest absolute Gasteiger partial charge is 0.484 e. The zero-order chi connectivity index (χ0) is 22.3. The van der Waals surface area contributed by atoms with E-state index in [-0.39, 0.29) is 18.1 Å². The third kappa shape index (κ3) is 7.07. The highest BCUT2D eigenvalue weighted by Gasteiger charge is 2.31. The summed E-state index contributed by atoms with van der Waals surface area (Å²) in [6, 6.07) is 19.8. The molecule has 0 saturated carbocycles. The van der Waals surface area contributed by atoms with Crippen molar-refractivity contribution in [2.75, 3.05) is 17.2 Å². The van der Waals surface area contributed by atoms with Gasteiger partial charge >= 0.3 is 6.36 Å². The number of para-hydroxylation sites is 1. The summed E-state index contributed by atoms with van der Waals surface area (Å²) in [5.41, 5.74) is 1.17. The summed E-state index contributed by atoms with van der Waals surface area (Å²) in [6.07, 6.45) is -4.80. The van der Waals surface area contributed by atoms with Crippen LogP contribution in [0.5, 0.6) is 11.5 Å². The highest BCUT2D eigenvalue weighted by Crippen LogP contribution is 2.23. The Morgan fingerprint density at radius 3 is 2.13 bits per heavy atom. The monoisotopic (exact) mass is 430 g/mol. The molecule has 0 spiro atoms. The summed E-state index contributed by atoms with van der Waals surface area (Å²) in [7, 11) is 0. The van der Waals surface area contributed by atoms with Gasteiger partial charge in [-0.15, -0.1) is 13.2 Å². The second-order valence-corrected chi connectivity index (χ2v) is 6.26. The molecule has 0 heterocycles. The van der Waals surface area contributed by atoms with Crippen LogP contribution >= 0.6 is 0 Å². The molecule has 0 fully saturated rings. The zero-order valence-corrected chi connectivity index (χ0v) is 16.0. The molecule has 0 aliphatic rings. The lowest BCUT2D eigenvalue weighted by molar-refractivity contribution is -0.274. The van der Waals surface area contributed by atoms with Crippen molar-refractivity contribution in [2.45, 2.75) is 6.36 Å². The number of benzene rings is 3. The van der Waals surface area contributed by atoms with E-state index < -0.39 is 18.0 Å². The average molecular weight is 430 g/mol. The molecule has 6 nitrogen and oxygen atoms in total. The van der Waals surface area contributed by atoms with Gasteiger partial charge in [0, 0.05) is 23.0 Å². The molecule has 0 atom stereocenters. The molecule has 160 valence electrons. The first-order valence-electron chi connectivity index (χ1n) is 9.03. The van der Waals surface area contributed by atoms with Crippen molar-refractivity contribution in [1.29, 1.82) is 0 Å². The number of alkyl halides is 3. The third-order valence-electron chi connectivity index (χ3n) is 3.87. The van der Waals surface area contributed by atoms with Gasteiger partial charge in [0.15, 0.2) is 6.61 Å². The van der Waals surface area contributed by atoms with E-state index in [9.17, 15) is 22.8 Å². The molecule has 9 heteroatoms. The van der Waals surface area contributed by atoms with Crippen LogP contribution < -0.4 is 20.1 Å². The van der Waals surface area contributed by atoms with Crippen LogP contribution in [0.15, 0.2) is 78.9 Å². The lowest BCUT2D eigenvalue weighted by atomic mass is 10.2. The molecule has 0 aromatic heterocycles. The number of ether oxygens (including phenoxy) is 2. The molecule has 0 aliphatic heterocycles. The van der Waals surface area contributed by atoms with Crippen LogP contribution in [0.4, 0.5) is 24.5 Å². The molecule has 31 heavy (non-hydrogen) atoms. The fraction of sp³-hybridized carbons (Fsp3) is 0.0909. The first-order chi connectivity index (χ1) is 14.8. The van der Waals surface area contributed by atoms with Crippen molar-refractivity contribution in [1.82, 2.24) is 0 Å². The molecule has 0 radical (unpaired) electrons. The van der Waals surface area contributed by atoms with Gasteiger partial charge in [-0.2, -0.15) is 0 Å². The van der Waals surface area contributed by atoms with E-state index in [1.807, 2.05) is 6.07 Å². The summed E-state index contributed by atoms with van der Waals surface area (Å²) in [5, 5.41) is 5.30. The molecule has 3 rings (SSSR count). The Bertz CT molecular complexity index is 1040. The van der Waals surface area contributed by atoms with Crippen molar-refractivity contribution in [2.24, 2.45) is 0 Å². The topological polar surface area (TPSA) is 76.7 Å². The summed E-state index contributed by atoms with van der Waals surface area (Å²) >= 11 is 0. The van der Waals surface area contributed by atoms with E-state index in [0.717, 1.165) is 12.1 Å². The number of nitrogens with one attached hydrogen (secondary N) is 2. The van der Waals surface area contributed by atoms with Gasteiger partial charge in [-0.05, 0) is 48.5 Å². The minimum Gasteiger partial charge on any atom is -0.484 e. The maximum Gasteiger partial charge on any atom is 0.573 e. The van der Waals surface area contributed by atoms with Crippen LogP contribution in [0.25, 0.3) is 0 Å². The van der Waals surface area contributed by atoms with Crippen LogP contribution in [-0.2, 0) is 4.79 Å². The predicted octanol–water partition coefficient (Wildman–Crippen LogP) is 4.86. The zero-order valence-electron chi connectivity index (χ0n) is 16.0. The Kier molecular flexibility index (Phi) is 6.76. The highest BCUT2D eigenvalue weighted by atomic mass is 19.4. The minimum absolute atomic E-state index is 0.142. The second kappa shape index (κ2) is 9.66. The van der Waals surface area contributed by atoms with Crippen LogP contribution in [0.1, 0.15) is 10.4 Å². The molecule has 2 N–H and O–H groups in total. The van der Waals surface area contributed by atoms with Crippen LogP contribution in [0.3, 0.4) is 0 Å². The SMILES string of the molecule is O=C(COc1cccc(NC(=O)c2ccc(OC(F)(F)F)cc2)c1)Nc1ccccc1. The predicted molar refractivity (Wildman–Crippen MR) is 108 cm³/mol. The Balaban J connectivity index is 1.55. The Morgan fingerprint density at radius 1 is 0.774 bits per heavy atom. The van der Waals surface area contributed by atoms with Gasteiger partial charge in [0.2, 0.25) is 0 Å². The molecule has 0 aliphatic carbocycles. The number of hydrogen-bond donors (Lipinski definition) is 2. The number of halogens is 3. The Hall–Kier alpha value is -4.01. The molecule has 0 bridgehead atoms. The van der Waals surface area contributed by atoms with Gasteiger partial charge in [0.05, 0.1) is 0 Å². The van der Waals surface area contributed by atoms with E-state index in [2.05, 4.69) is 15.4 Å². The molecule has 0 saturated heterocycles. The van der Waals surface area contributed by atoms with Gasteiger partial charge in [-0.25, -0.2) is 0 Å². The lowest BCUT2D eigenvalue weighted by Crippen LogP contribution is -2.20. The molecule has 3 aromatic rings. The van der Waals surface area contributed by atoms with Crippen molar-refractivity contribution in [3.8, 4) is 11.5 Å². The summed E-state index contributed by atoms with van der Waals surface area (Å²) in [6.45, 7) is -0.229. The first kappa shape index (κ1) is 21.7. The van der Waals surface area contributed by atoms with Crippen LogP contribution in [-0.4, -0.2) is 24.8 Å². The van der Waals surface area contributed by atoms with Crippen LogP contribution in [0, 0.1) is 0 Å². The number of carbonyl (C=O) groups excluding carboxylic acids is 2. The second-order valence-electron chi connectivity index (χ2n) is 6.26. The van der Waals surface area contributed by atoms with E-state index in [0.29, 0.717) is 17.1 Å². The van der Waals surface area contributed by atoms with Crippen molar-refractivity contribution < 1.29 is 32.2 Å². The van der Waals surface area contributed by atoms with Gasteiger partial charge in [-0.3, -0.25) is 9.59 Å². The number of hydrogen-bond acceptors (Lipinski definition) is 4. The number of amides is 2. The van der Waals surface area contributed by atoms with E-state index in [1.54, 1.807) is 42.5 Å². The van der Waals surface area contributed by atoms with Crippen LogP contribution in [0.2, 0.25) is 0 Å². The fourth-order valence-electron chi connectivity index (χ4n) is 2.54. The quantitative estimate of drug-likeness (QED) is 0.562. The van der Waals surface area contributed by atoms with Gasteiger partial charge in [0.25, 0.3) is 11.8 Å². The molecular formula is C22H17F3N2O4. The van der Waals surface area contributed by atoms with E-state index in [4.69, 9.17) is 4.74 Å². The summed E-state index contributed by atoms with van der Waals surface area (Å²) in [5.74, 6) is -0.942. The summed E-state index contributed by atoms with van der Waals surface area (Å²) < 4.78 is 45.8. The number of anilines is 2. The van der Waals surface area contributed by atoms with Crippen molar-refractivity contribution in [3.05, 3.63) is 84.4 Å². The number of carbonyl (C=O) groups is 2. The Labute approximate surface area is 175 Å². The molecule has 3 aromatic carbocycles. The van der Waals surface area contributed by atoms with Gasteiger partial charge in [-0.1, -0.05) is 24.3 Å². The maximum atomic E-state index is 12.3.